The van der Waals surface area contributed by atoms with Crippen LogP contribution in [-0.2, 0) is 5.41 Å². The molecule has 17 heavy (non-hydrogen) atoms. The summed E-state index contributed by atoms with van der Waals surface area (Å²) >= 11 is 0. The number of aromatic hydroxyl groups is 1. The Morgan fingerprint density at radius 2 is 1.71 bits per heavy atom. The summed E-state index contributed by atoms with van der Waals surface area (Å²) in [7, 11) is 0. The number of alkyl halides is 1. The molecule has 0 heterocycles. The van der Waals surface area contributed by atoms with Crippen molar-refractivity contribution in [3.05, 3.63) is 29.8 Å². The first-order chi connectivity index (χ1) is 7.97. The van der Waals surface area contributed by atoms with Crippen molar-refractivity contribution in [2.45, 2.75) is 43.7 Å². The fourth-order valence-corrected chi connectivity index (χ4v) is 2.68. The number of hydrogen-bond acceptors (Lipinski definition) is 2. The van der Waals surface area contributed by atoms with Gasteiger partial charge in [-0.05, 0) is 50.3 Å². The molecule has 2 rings (SSSR count). The van der Waals surface area contributed by atoms with Crippen LogP contribution >= 0.6 is 0 Å². The molecule has 1 saturated carbocycles. The van der Waals surface area contributed by atoms with E-state index in [4.69, 9.17) is 5.73 Å². The first-order valence-corrected chi connectivity index (χ1v) is 6.16. The Labute approximate surface area is 102 Å². The SMILES string of the molecule is CC1(F)CCC(CN)(c2ccc(O)cc2)CC1. The zero-order valence-electron chi connectivity index (χ0n) is 10.2. The van der Waals surface area contributed by atoms with Crippen molar-refractivity contribution in [1.82, 2.24) is 0 Å². The molecule has 0 saturated heterocycles. The third kappa shape index (κ3) is 2.44. The summed E-state index contributed by atoms with van der Waals surface area (Å²) in [5.41, 5.74) is 5.87. The topological polar surface area (TPSA) is 46.2 Å². The minimum Gasteiger partial charge on any atom is -0.508 e. The minimum atomic E-state index is -1.05. The molecule has 0 bridgehead atoms. The molecule has 0 amide bonds. The molecule has 1 aromatic carbocycles. The fraction of sp³-hybridized carbons (Fsp3) is 0.571. The first-order valence-electron chi connectivity index (χ1n) is 6.16. The van der Waals surface area contributed by atoms with E-state index in [0.717, 1.165) is 18.4 Å². The van der Waals surface area contributed by atoms with E-state index < -0.39 is 5.67 Å². The molecule has 94 valence electrons. The number of phenols is 1. The van der Waals surface area contributed by atoms with Gasteiger partial charge in [0.25, 0.3) is 0 Å². The summed E-state index contributed by atoms with van der Waals surface area (Å²) in [6.45, 7) is 2.21. The molecular weight excluding hydrogens is 217 g/mol. The van der Waals surface area contributed by atoms with Crippen molar-refractivity contribution < 1.29 is 9.50 Å². The summed E-state index contributed by atoms with van der Waals surface area (Å²) < 4.78 is 13.8. The van der Waals surface area contributed by atoms with Gasteiger partial charge in [-0.15, -0.1) is 0 Å². The van der Waals surface area contributed by atoms with Crippen LogP contribution in [0.3, 0.4) is 0 Å². The van der Waals surface area contributed by atoms with Crippen molar-refractivity contribution >= 4 is 0 Å². The van der Waals surface area contributed by atoms with Gasteiger partial charge in [0.2, 0.25) is 0 Å². The normalized spacial score (nSPS) is 33.6. The van der Waals surface area contributed by atoms with E-state index in [9.17, 15) is 9.50 Å². The van der Waals surface area contributed by atoms with Crippen LogP contribution in [-0.4, -0.2) is 17.3 Å². The molecular formula is C14H20FNO. The zero-order chi connectivity index (χ0) is 12.5. The summed E-state index contributed by atoms with van der Waals surface area (Å²) in [6, 6.07) is 7.16. The second-order valence-electron chi connectivity index (χ2n) is 5.44. The Bertz CT molecular complexity index is 376. The molecule has 1 fully saturated rings. The third-order valence-corrected chi connectivity index (χ3v) is 4.12. The number of phenolic OH excluding ortho intramolecular Hbond substituents is 1. The Morgan fingerprint density at radius 1 is 1.18 bits per heavy atom. The van der Waals surface area contributed by atoms with Gasteiger partial charge in [0.15, 0.2) is 0 Å². The molecule has 1 aromatic rings. The number of hydrogen-bond donors (Lipinski definition) is 2. The molecule has 2 nitrogen and oxygen atoms in total. The van der Waals surface area contributed by atoms with E-state index in [-0.39, 0.29) is 11.2 Å². The molecule has 0 spiro atoms. The quantitative estimate of drug-likeness (QED) is 0.830. The Balaban J connectivity index is 2.24. The maximum Gasteiger partial charge on any atom is 0.115 e. The van der Waals surface area contributed by atoms with E-state index in [1.54, 1.807) is 19.1 Å². The fourth-order valence-electron chi connectivity index (χ4n) is 2.68. The second kappa shape index (κ2) is 4.30. The highest BCUT2D eigenvalue weighted by Crippen LogP contribution is 2.44. The highest BCUT2D eigenvalue weighted by molar-refractivity contribution is 5.32. The molecule has 3 heteroatoms. The van der Waals surface area contributed by atoms with E-state index in [0.29, 0.717) is 19.4 Å². The van der Waals surface area contributed by atoms with Crippen LogP contribution in [0.25, 0.3) is 0 Å². The molecule has 0 aromatic heterocycles. The molecule has 0 radical (unpaired) electrons. The van der Waals surface area contributed by atoms with Crippen molar-refractivity contribution in [1.29, 1.82) is 0 Å². The molecule has 0 aliphatic heterocycles. The lowest BCUT2D eigenvalue weighted by atomic mass is 9.66. The monoisotopic (exact) mass is 237 g/mol. The number of rotatable bonds is 2. The highest BCUT2D eigenvalue weighted by Gasteiger charge is 2.40. The van der Waals surface area contributed by atoms with Crippen LogP contribution in [0.1, 0.15) is 38.2 Å². The van der Waals surface area contributed by atoms with Gasteiger partial charge in [-0.25, -0.2) is 4.39 Å². The standard InChI is InChI=1S/C14H20FNO/c1-13(15)6-8-14(10-16,9-7-13)11-2-4-12(17)5-3-11/h2-5,17H,6-10,16H2,1H3. The van der Waals surface area contributed by atoms with E-state index in [1.165, 1.54) is 0 Å². The summed E-state index contributed by atoms with van der Waals surface area (Å²) in [5, 5.41) is 9.30. The predicted molar refractivity (Wildman–Crippen MR) is 66.8 cm³/mol. The average molecular weight is 237 g/mol. The lowest BCUT2D eigenvalue weighted by Gasteiger charge is -2.41. The maximum absolute atomic E-state index is 13.8. The van der Waals surface area contributed by atoms with Crippen LogP contribution < -0.4 is 5.73 Å². The van der Waals surface area contributed by atoms with Crippen LogP contribution in [0, 0.1) is 0 Å². The molecule has 0 unspecified atom stereocenters. The van der Waals surface area contributed by atoms with Gasteiger partial charge in [0.1, 0.15) is 11.4 Å². The Hall–Kier alpha value is -1.09. The predicted octanol–water partition coefficient (Wildman–Crippen LogP) is 2.89. The lowest BCUT2D eigenvalue weighted by molar-refractivity contribution is 0.0904. The highest BCUT2D eigenvalue weighted by atomic mass is 19.1. The molecule has 1 aliphatic rings. The number of nitrogens with two attached hydrogens (primary N) is 1. The second-order valence-corrected chi connectivity index (χ2v) is 5.44. The summed E-state index contributed by atoms with van der Waals surface area (Å²) in [6.07, 6.45) is 2.68. The lowest BCUT2D eigenvalue weighted by Crippen LogP contribution is -2.42. The zero-order valence-corrected chi connectivity index (χ0v) is 10.2. The van der Waals surface area contributed by atoms with E-state index in [2.05, 4.69) is 0 Å². The van der Waals surface area contributed by atoms with Crippen molar-refractivity contribution in [2.75, 3.05) is 6.54 Å². The van der Waals surface area contributed by atoms with Crippen LogP contribution in [0.5, 0.6) is 5.75 Å². The minimum absolute atomic E-state index is 0.112. The molecule has 1 aliphatic carbocycles. The van der Waals surface area contributed by atoms with Gasteiger partial charge in [0, 0.05) is 12.0 Å². The van der Waals surface area contributed by atoms with Crippen molar-refractivity contribution in [2.24, 2.45) is 5.73 Å². The average Bonchev–Trinajstić information content (AvgIpc) is 2.31. The van der Waals surface area contributed by atoms with Gasteiger partial charge in [-0.3, -0.25) is 0 Å². The summed E-state index contributed by atoms with van der Waals surface area (Å²) in [5.74, 6) is 0.257. The van der Waals surface area contributed by atoms with E-state index >= 15 is 0 Å². The van der Waals surface area contributed by atoms with Gasteiger partial charge >= 0.3 is 0 Å². The first kappa shape index (κ1) is 12.4. The maximum atomic E-state index is 13.8. The van der Waals surface area contributed by atoms with Gasteiger partial charge in [-0.2, -0.15) is 0 Å². The van der Waals surface area contributed by atoms with Crippen LogP contribution in [0.2, 0.25) is 0 Å². The molecule has 0 atom stereocenters. The summed E-state index contributed by atoms with van der Waals surface area (Å²) in [4.78, 5) is 0. The van der Waals surface area contributed by atoms with Crippen molar-refractivity contribution in [3.8, 4) is 5.75 Å². The number of halogens is 1. The smallest absolute Gasteiger partial charge is 0.115 e. The Morgan fingerprint density at radius 3 is 2.18 bits per heavy atom. The van der Waals surface area contributed by atoms with Gasteiger partial charge in [0.05, 0.1) is 0 Å². The van der Waals surface area contributed by atoms with Gasteiger partial charge in [-0.1, -0.05) is 12.1 Å². The molecule has 3 N–H and O–H groups in total. The number of benzene rings is 1. The Kier molecular flexibility index (Phi) is 3.13. The van der Waals surface area contributed by atoms with Crippen LogP contribution in [0.15, 0.2) is 24.3 Å². The van der Waals surface area contributed by atoms with E-state index in [1.807, 2.05) is 12.1 Å². The van der Waals surface area contributed by atoms with Gasteiger partial charge < -0.3 is 10.8 Å². The van der Waals surface area contributed by atoms with Crippen LogP contribution in [0.4, 0.5) is 4.39 Å². The largest absolute Gasteiger partial charge is 0.508 e. The third-order valence-electron chi connectivity index (χ3n) is 4.12. The van der Waals surface area contributed by atoms with Crippen molar-refractivity contribution in [3.63, 3.8) is 0 Å².